The van der Waals surface area contributed by atoms with Gasteiger partial charge in [-0.1, -0.05) is 197 Å². The number of carbonyl (C=O) groups excluding carboxylic acids is 2. The second-order valence-electron chi connectivity index (χ2n) is 14.4. The lowest BCUT2D eigenvalue weighted by Gasteiger charge is -2.15. The van der Waals surface area contributed by atoms with E-state index in [1.165, 1.54) is 109 Å². The predicted molar refractivity (Wildman–Crippen MR) is 223 cm³/mol. The molecular weight excluding hydrogens is 645 g/mol. The van der Waals surface area contributed by atoms with Gasteiger partial charge in [0.15, 0.2) is 6.10 Å². The van der Waals surface area contributed by atoms with Gasteiger partial charge in [0.1, 0.15) is 6.61 Å². The van der Waals surface area contributed by atoms with Crippen LogP contribution in [0.3, 0.4) is 0 Å². The van der Waals surface area contributed by atoms with E-state index in [2.05, 4.69) is 74.6 Å². The fourth-order valence-corrected chi connectivity index (χ4v) is 6.05. The molecule has 0 fully saturated rings. The SMILES string of the molecule is CC/C=C\C/C=C\C/C=C\C/C=C\C/C=C\CCCCCCCCCCCC(=O)OC(CO)COC(=O)CCCCCCCCCCCCCCC. The van der Waals surface area contributed by atoms with Crippen LogP contribution < -0.4 is 0 Å². The van der Waals surface area contributed by atoms with E-state index in [-0.39, 0.29) is 25.2 Å². The molecule has 0 radical (unpaired) electrons. The minimum Gasteiger partial charge on any atom is -0.462 e. The summed E-state index contributed by atoms with van der Waals surface area (Å²) in [6.45, 7) is 4.02. The Balaban J connectivity index is 3.55. The van der Waals surface area contributed by atoms with Gasteiger partial charge in [0.2, 0.25) is 0 Å². The normalized spacial score (nSPS) is 12.8. The Kier molecular flexibility index (Phi) is 41.0. The van der Waals surface area contributed by atoms with Crippen molar-refractivity contribution in [3.05, 3.63) is 60.8 Å². The number of hydrogen-bond acceptors (Lipinski definition) is 5. The number of carbonyl (C=O) groups is 2. The van der Waals surface area contributed by atoms with Gasteiger partial charge in [-0.2, -0.15) is 0 Å². The maximum atomic E-state index is 12.2. The van der Waals surface area contributed by atoms with Gasteiger partial charge in [-0.3, -0.25) is 9.59 Å². The van der Waals surface area contributed by atoms with Crippen LogP contribution in [0.4, 0.5) is 0 Å². The second kappa shape index (κ2) is 43.0. The molecule has 0 spiro atoms. The highest BCUT2D eigenvalue weighted by Crippen LogP contribution is 2.14. The molecule has 0 bridgehead atoms. The molecule has 5 nitrogen and oxygen atoms in total. The molecule has 1 unspecified atom stereocenters. The van der Waals surface area contributed by atoms with Crippen LogP contribution in [0.2, 0.25) is 0 Å². The molecule has 0 aliphatic heterocycles. The summed E-state index contributed by atoms with van der Waals surface area (Å²) in [5.41, 5.74) is 0. The molecule has 0 aromatic carbocycles. The zero-order valence-corrected chi connectivity index (χ0v) is 34.1. The summed E-state index contributed by atoms with van der Waals surface area (Å²) in [5.74, 6) is -0.595. The highest BCUT2D eigenvalue weighted by molar-refractivity contribution is 5.70. The lowest BCUT2D eigenvalue weighted by atomic mass is 10.0. The van der Waals surface area contributed by atoms with E-state index in [0.29, 0.717) is 12.8 Å². The number of aliphatic hydroxyl groups excluding tert-OH is 1. The quantitative estimate of drug-likeness (QED) is 0.0388. The molecule has 0 aromatic rings. The first-order valence-corrected chi connectivity index (χ1v) is 21.8. The van der Waals surface area contributed by atoms with Gasteiger partial charge in [-0.15, -0.1) is 0 Å². The van der Waals surface area contributed by atoms with Crippen LogP contribution in [0.5, 0.6) is 0 Å². The third-order valence-corrected chi connectivity index (χ3v) is 9.33. The number of unbranched alkanes of at least 4 members (excludes halogenated alkanes) is 21. The first kappa shape index (κ1) is 49.6. The fraction of sp³-hybridized carbons (Fsp3) is 0.745. The Bertz CT molecular complexity index is 915. The third kappa shape index (κ3) is 40.4. The summed E-state index contributed by atoms with van der Waals surface area (Å²) in [7, 11) is 0. The number of hydrogen-bond donors (Lipinski definition) is 1. The smallest absolute Gasteiger partial charge is 0.306 e. The van der Waals surface area contributed by atoms with Crippen molar-refractivity contribution in [3.8, 4) is 0 Å². The van der Waals surface area contributed by atoms with Gasteiger partial charge in [0.25, 0.3) is 0 Å². The third-order valence-electron chi connectivity index (χ3n) is 9.33. The van der Waals surface area contributed by atoms with E-state index in [1.54, 1.807) is 0 Å². The largest absolute Gasteiger partial charge is 0.462 e. The van der Waals surface area contributed by atoms with E-state index < -0.39 is 6.10 Å². The molecule has 5 heteroatoms. The fourth-order valence-electron chi connectivity index (χ4n) is 6.05. The van der Waals surface area contributed by atoms with Crippen molar-refractivity contribution in [2.45, 2.75) is 213 Å². The minimum atomic E-state index is -0.774. The summed E-state index contributed by atoms with van der Waals surface area (Å²) in [4.78, 5) is 24.3. The summed E-state index contributed by atoms with van der Waals surface area (Å²) >= 11 is 0. The Morgan fingerprint density at radius 1 is 0.462 bits per heavy atom. The number of rotatable bonds is 39. The van der Waals surface area contributed by atoms with Crippen molar-refractivity contribution in [2.24, 2.45) is 0 Å². The Morgan fingerprint density at radius 2 is 0.827 bits per heavy atom. The predicted octanol–water partition coefficient (Wildman–Crippen LogP) is 14.0. The molecule has 52 heavy (non-hydrogen) atoms. The average molecular weight is 727 g/mol. The van der Waals surface area contributed by atoms with Crippen LogP contribution in [0.15, 0.2) is 60.8 Å². The van der Waals surface area contributed by atoms with E-state index in [4.69, 9.17) is 9.47 Å². The Hall–Kier alpha value is -2.40. The van der Waals surface area contributed by atoms with E-state index in [1.807, 2.05) is 0 Å². The molecule has 0 aliphatic carbocycles. The molecule has 1 atom stereocenters. The van der Waals surface area contributed by atoms with Gasteiger partial charge in [0, 0.05) is 12.8 Å². The molecular formula is C47H82O5. The Morgan fingerprint density at radius 3 is 1.25 bits per heavy atom. The monoisotopic (exact) mass is 727 g/mol. The standard InChI is InChI=1S/C47H82O5/c1-3-5-7-9-11-13-15-17-18-19-20-21-22-23-24-25-26-27-28-30-32-34-36-38-40-42-47(50)52-45(43-48)44-51-46(49)41-39-37-35-33-31-29-16-14-12-10-8-6-4-2/h5,7,11,13,17-18,20-21,23-24,45,48H,3-4,6,8-10,12,14-16,19,22,25-44H2,1-2H3/b7-5-,13-11-,18-17-,21-20-,24-23-. The van der Waals surface area contributed by atoms with Gasteiger partial charge < -0.3 is 14.6 Å². The number of esters is 2. The molecule has 0 saturated carbocycles. The molecule has 300 valence electrons. The van der Waals surface area contributed by atoms with Crippen LogP contribution in [0.25, 0.3) is 0 Å². The van der Waals surface area contributed by atoms with Crippen molar-refractivity contribution >= 4 is 11.9 Å². The lowest BCUT2D eigenvalue weighted by Crippen LogP contribution is -2.28. The molecule has 0 saturated heterocycles. The van der Waals surface area contributed by atoms with Crippen molar-refractivity contribution in [3.63, 3.8) is 0 Å². The van der Waals surface area contributed by atoms with Crippen molar-refractivity contribution < 1.29 is 24.2 Å². The molecule has 0 heterocycles. The van der Waals surface area contributed by atoms with Gasteiger partial charge in [-0.05, 0) is 57.8 Å². The van der Waals surface area contributed by atoms with Gasteiger partial charge in [-0.25, -0.2) is 0 Å². The van der Waals surface area contributed by atoms with Crippen LogP contribution >= 0.6 is 0 Å². The zero-order chi connectivity index (χ0) is 37.8. The summed E-state index contributed by atoms with van der Waals surface area (Å²) in [5, 5.41) is 9.57. The summed E-state index contributed by atoms with van der Waals surface area (Å²) in [6, 6.07) is 0. The van der Waals surface area contributed by atoms with Gasteiger partial charge in [0.05, 0.1) is 6.61 Å². The van der Waals surface area contributed by atoms with Crippen LogP contribution in [-0.4, -0.2) is 36.4 Å². The Labute approximate surface area is 321 Å². The van der Waals surface area contributed by atoms with Crippen molar-refractivity contribution in [1.82, 2.24) is 0 Å². The molecule has 0 aromatic heterocycles. The first-order valence-electron chi connectivity index (χ1n) is 21.8. The first-order chi connectivity index (χ1) is 25.6. The molecule has 0 aliphatic rings. The van der Waals surface area contributed by atoms with Crippen LogP contribution in [0.1, 0.15) is 206 Å². The molecule has 0 rings (SSSR count). The van der Waals surface area contributed by atoms with Crippen molar-refractivity contribution in [1.29, 1.82) is 0 Å². The molecule has 0 amide bonds. The minimum absolute atomic E-state index is 0.0676. The van der Waals surface area contributed by atoms with E-state index in [9.17, 15) is 14.7 Å². The highest BCUT2D eigenvalue weighted by atomic mass is 16.6. The average Bonchev–Trinajstić information content (AvgIpc) is 3.15. The highest BCUT2D eigenvalue weighted by Gasteiger charge is 2.16. The number of aliphatic hydroxyl groups is 1. The zero-order valence-electron chi connectivity index (χ0n) is 34.1. The maximum absolute atomic E-state index is 12.2. The maximum Gasteiger partial charge on any atom is 0.306 e. The second-order valence-corrected chi connectivity index (χ2v) is 14.4. The lowest BCUT2D eigenvalue weighted by molar-refractivity contribution is -0.161. The van der Waals surface area contributed by atoms with Crippen LogP contribution in [0, 0.1) is 0 Å². The topological polar surface area (TPSA) is 72.8 Å². The van der Waals surface area contributed by atoms with Crippen LogP contribution in [-0.2, 0) is 19.1 Å². The number of allylic oxidation sites excluding steroid dienone is 10. The number of ether oxygens (including phenoxy) is 2. The van der Waals surface area contributed by atoms with E-state index in [0.717, 1.165) is 70.6 Å². The summed E-state index contributed by atoms with van der Waals surface area (Å²) in [6.07, 6.45) is 55.7. The van der Waals surface area contributed by atoms with Crippen molar-refractivity contribution in [2.75, 3.05) is 13.2 Å². The molecule has 1 N–H and O–H groups in total. The van der Waals surface area contributed by atoms with Gasteiger partial charge >= 0.3 is 11.9 Å². The van der Waals surface area contributed by atoms with E-state index >= 15 is 0 Å². The summed E-state index contributed by atoms with van der Waals surface area (Å²) < 4.78 is 10.6.